The SMILES string of the molecule is COC(=O)CC(NC(=O)c1cccc2ccccc12)c1ccccc1. The first-order chi connectivity index (χ1) is 12.2. The Balaban J connectivity index is 1.90. The van der Waals surface area contributed by atoms with Crippen molar-refractivity contribution in [2.75, 3.05) is 7.11 Å². The number of hydrogen-bond acceptors (Lipinski definition) is 3. The molecule has 1 amide bonds. The van der Waals surface area contributed by atoms with Gasteiger partial charge >= 0.3 is 5.97 Å². The molecule has 4 nitrogen and oxygen atoms in total. The van der Waals surface area contributed by atoms with Crippen molar-refractivity contribution in [3.63, 3.8) is 0 Å². The molecule has 0 fully saturated rings. The molecule has 0 saturated heterocycles. The van der Waals surface area contributed by atoms with Crippen molar-refractivity contribution in [2.24, 2.45) is 0 Å². The van der Waals surface area contributed by atoms with E-state index >= 15 is 0 Å². The van der Waals surface area contributed by atoms with Crippen LogP contribution < -0.4 is 5.32 Å². The van der Waals surface area contributed by atoms with Crippen molar-refractivity contribution in [1.82, 2.24) is 5.32 Å². The summed E-state index contributed by atoms with van der Waals surface area (Å²) in [4.78, 5) is 24.6. The molecule has 1 unspecified atom stereocenters. The molecule has 0 aliphatic heterocycles. The van der Waals surface area contributed by atoms with E-state index < -0.39 is 6.04 Å². The van der Waals surface area contributed by atoms with E-state index in [2.05, 4.69) is 5.32 Å². The van der Waals surface area contributed by atoms with E-state index in [9.17, 15) is 9.59 Å². The molecule has 1 atom stereocenters. The second kappa shape index (κ2) is 7.62. The Bertz CT molecular complexity index is 885. The quantitative estimate of drug-likeness (QED) is 0.721. The van der Waals surface area contributed by atoms with E-state index in [1.807, 2.05) is 66.7 Å². The molecule has 1 N–H and O–H groups in total. The first-order valence-corrected chi connectivity index (χ1v) is 8.09. The van der Waals surface area contributed by atoms with Gasteiger partial charge in [-0.15, -0.1) is 0 Å². The summed E-state index contributed by atoms with van der Waals surface area (Å²) < 4.78 is 4.77. The van der Waals surface area contributed by atoms with Crippen LogP contribution in [-0.2, 0) is 9.53 Å². The molecular weight excluding hydrogens is 314 g/mol. The number of benzene rings is 3. The highest BCUT2D eigenvalue weighted by Gasteiger charge is 2.20. The standard InChI is InChI=1S/C21H19NO3/c1-25-20(23)14-19(16-9-3-2-4-10-16)22-21(24)18-13-7-11-15-8-5-6-12-17(15)18/h2-13,19H,14H2,1H3,(H,22,24). The summed E-state index contributed by atoms with van der Waals surface area (Å²) >= 11 is 0. The van der Waals surface area contributed by atoms with Crippen molar-refractivity contribution >= 4 is 22.6 Å². The smallest absolute Gasteiger partial charge is 0.307 e. The van der Waals surface area contributed by atoms with Gasteiger partial charge in [0, 0.05) is 5.56 Å². The molecule has 0 aliphatic carbocycles. The highest BCUT2D eigenvalue weighted by atomic mass is 16.5. The molecule has 3 aromatic carbocycles. The highest BCUT2D eigenvalue weighted by Crippen LogP contribution is 2.22. The zero-order chi connectivity index (χ0) is 17.6. The van der Waals surface area contributed by atoms with Gasteiger partial charge in [-0.05, 0) is 22.4 Å². The van der Waals surface area contributed by atoms with E-state index in [-0.39, 0.29) is 18.3 Å². The lowest BCUT2D eigenvalue weighted by Gasteiger charge is -2.19. The summed E-state index contributed by atoms with van der Waals surface area (Å²) in [6.45, 7) is 0. The van der Waals surface area contributed by atoms with Crippen molar-refractivity contribution in [3.8, 4) is 0 Å². The van der Waals surface area contributed by atoms with Crippen molar-refractivity contribution in [2.45, 2.75) is 12.5 Å². The average molecular weight is 333 g/mol. The largest absolute Gasteiger partial charge is 0.469 e. The monoisotopic (exact) mass is 333 g/mol. The lowest BCUT2D eigenvalue weighted by atomic mass is 10.0. The number of rotatable bonds is 5. The topological polar surface area (TPSA) is 55.4 Å². The second-order valence-corrected chi connectivity index (χ2v) is 5.74. The van der Waals surface area contributed by atoms with Gasteiger partial charge in [0.25, 0.3) is 5.91 Å². The summed E-state index contributed by atoms with van der Waals surface area (Å²) in [7, 11) is 1.34. The number of carbonyl (C=O) groups excluding carboxylic acids is 2. The number of esters is 1. The molecule has 0 spiro atoms. The minimum Gasteiger partial charge on any atom is -0.469 e. The second-order valence-electron chi connectivity index (χ2n) is 5.74. The van der Waals surface area contributed by atoms with E-state index in [1.165, 1.54) is 7.11 Å². The van der Waals surface area contributed by atoms with Crippen molar-refractivity contribution < 1.29 is 14.3 Å². The molecule has 0 bridgehead atoms. The van der Waals surface area contributed by atoms with Gasteiger partial charge in [0.2, 0.25) is 0 Å². The molecule has 0 aromatic heterocycles. The first-order valence-electron chi connectivity index (χ1n) is 8.09. The summed E-state index contributed by atoms with van der Waals surface area (Å²) in [6, 6.07) is 22.3. The van der Waals surface area contributed by atoms with Crippen molar-refractivity contribution in [3.05, 3.63) is 83.9 Å². The van der Waals surface area contributed by atoms with Crippen LogP contribution in [0.25, 0.3) is 10.8 Å². The summed E-state index contributed by atoms with van der Waals surface area (Å²) in [5.41, 5.74) is 1.45. The molecular formula is C21H19NO3. The predicted octanol–water partition coefficient (Wildman–Crippen LogP) is 3.87. The normalized spacial score (nSPS) is 11.7. The Morgan fingerprint density at radius 2 is 1.60 bits per heavy atom. The maximum atomic E-state index is 12.8. The van der Waals surface area contributed by atoms with Crippen LogP contribution in [0.2, 0.25) is 0 Å². The van der Waals surface area contributed by atoms with Gasteiger partial charge in [0.15, 0.2) is 0 Å². The van der Waals surface area contributed by atoms with E-state index in [1.54, 1.807) is 6.07 Å². The Labute approximate surface area is 146 Å². The lowest BCUT2D eigenvalue weighted by Crippen LogP contribution is -2.30. The van der Waals surface area contributed by atoms with Gasteiger partial charge in [-0.3, -0.25) is 9.59 Å². The lowest BCUT2D eigenvalue weighted by molar-refractivity contribution is -0.141. The molecule has 0 saturated carbocycles. The van der Waals surface area contributed by atoms with Crippen LogP contribution in [0.3, 0.4) is 0 Å². The zero-order valence-corrected chi connectivity index (χ0v) is 13.9. The molecule has 4 heteroatoms. The van der Waals surface area contributed by atoms with Gasteiger partial charge in [-0.25, -0.2) is 0 Å². The minimum absolute atomic E-state index is 0.0804. The number of ether oxygens (including phenoxy) is 1. The Hall–Kier alpha value is -3.14. The summed E-state index contributed by atoms with van der Waals surface area (Å²) in [5, 5.41) is 4.85. The van der Waals surface area contributed by atoms with Crippen LogP contribution >= 0.6 is 0 Å². The fourth-order valence-corrected chi connectivity index (χ4v) is 2.85. The molecule has 3 rings (SSSR count). The predicted molar refractivity (Wildman–Crippen MR) is 97.2 cm³/mol. The first kappa shape index (κ1) is 16.7. The summed E-state index contributed by atoms with van der Waals surface area (Å²) in [5.74, 6) is -0.582. The van der Waals surface area contributed by atoms with E-state index in [4.69, 9.17) is 4.74 Å². The molecule has 25 heavy (non-hydrogen) atoms. The molecule has 0 heterocycles. The van der Waals surface area contributed by atoms with E-state index in [0.717, 1.165) is 16.3 Å². The number of amides is 1. The number of fused-ring (bicyclic) bond motifs is 1. The van der Waals surface area contributed by atoms with Crippen LogP contribution in [0, 0.1) is 0 Å². The molecule has 0 radical (unpaired) electrons. The third-order valence-electron chi connectivity index (χ3n) is 4.14. The number of carbonyl (C=O) groups is 2. The third-order valence-corrected chi connectivity index (χ3v) is 4.14. The van der Waals surface area contributed by atoms with Crippen LogP contribution in [-0.4, -0.2) is 19.0 Å². The van der Waals surface area contributed by atoms with Gasteiger partial charge < -0.3 is 10.1 Å². The van der Waals surface area contributed by atoms with Gasteiger partial charge in [-0.2, -0.15) is 0 Å². The third kappa shape index (κ3) is 3.86. The fourth-order valence-electron chi connectivity index (χ4n) is 2.85. The summed E-state index contributed by atoms with van der Waals surface area (Å²) in [6.07, 6.45) is 0.0804. The number of nitrogens with one attached hydrogen (secondary N) is 1. The Kier molecular flexibility index (Phi) is 5.09. The van der Waals surface area contributed by atoms with Crippen LogP contribution in [0.5, 0.6) is 0 Å². The Morgan fingerprint density at radius 1 is 0.920 bits per heavy atom. The molecule has 126 valence electrons. The molecule has 0 aliphatic rings. The minimum atomic E-state index is -0.444. The van der Waals surface area contributed by atoms with Gasteiger partial charge in [0.1, 0.15) is 0 Å². The average Bonchev–Trinajstić information content (AvgIpc) is 2.67. The maximum Gasteiger partial charge on any atom is 0.307 e. The molecule has 3 aromatic rings. The van der Waals surface area contributed by atoms with Crippen LogP contribution in [0.1, 0.15) is 28.4 Å². The van der Waals surface area contributed by atoms with Crippen LogP contribution in [0.4, 0.5) is 0 Å². The van der Waals surface area contributed by atoms with Gasteiger partial charge in [0.05, 0.1) is 19.6 Å². The zero-order valence-electron chi connectivity index (χ0n) is 13.9. The Morgan fingerprint density at radius 3 is 2.36 bits per heavy atom. The van der Waals surface area contributed by atoms with Gasteiger partial charge in [-0.1, -0.05) is 66.7 Å². The highest BCUT2D eigenvalue weighted by molar-refractivity contribution is 6.07. The fraction of sp³-hybridized carbons (Fsp3) is 0.143. The number of hydrogen-bond donors (Lipinski definition) is 1. The van der Waals surface area contributed by atoms with E-state index in [0.29, 0.717) is 5.56 Å². The van der Waals surface area contributed by atoms with Crippen molar-refractivity contribution in [1.29, 1.82) is 0 Å². The van der Waals surface area contributed by atoms with Crippen LogP contribution in [0.15, 0.2) is 72.8 Å². The number of methoxy groups -OCH3 is 1. The maximum absolute atomic E-state index is 12.8.